The van der Waals surface area contributed by atoms with Gasteiger partial charge in [0.2, 0.25) is 0 Å². The van der Waals surface area contributed by atoms with Crippen LogP contribution in [0, 0.1) is 5.82 Å². The van der Waals surface area contributed by atoms with Gasteiger partial charge in [0.1, 0.15) is 16.4 Å². The van der Waals surface area contributed by atoms with E-state index in [1.165, 1.54) is 24.5 Å². The largest absolute Gasteiger partial charge is 0.495 e. The molecular formula is C13H10BrFO2S. The Morgan fingerprint density at radius 3 is 2.89 bits per heavy atom. The molecule has 0 aliphatic carbocycles. The van der Waals surface area contributed by atoms with E-state index in [0.717, 1.165) is 0 Å². The normalized spacial score (nSPS) is 10.4. The van der Waals surface area contributed by atoms with Crippen molar-refractivity contribution in [1.82, 2.24) is 0 Å². The van der Waals surface area contributed by atoms with Crippen molar-refractivity contribution in [2.24, 2.45) is 0 Å². The van der Waals surface area contributed by atoms with E-state index in [4.69, 9.17) is 4.74 Å². The third-order valence-electron chi connectivity index (χ3n) is 2.47. The lowest BCUT2D eigenvalue weighted by Gasteiger charge is -2.04. The van der Waals surface area contributed by atoms with E-state index in [2.05, 4.69) is 15.9 Å². The number of rotatable bonds is 4. The summed E-state index contributed by atoms with van der Waals surface area (Å²) in [5.41, 5.74) is 0.388. The first-order valence-corrected chi connectivity index (χ1v) is 6.87. The van der Waals surface area contributed by atoms with E-state index in [9.17, 15) is 9.18 Å². The first-order valence-electron chi connectivity index (χ1n) is 5.20. The maximum atomic E-state index is 13.6. The Hall–Kier alpha value is -1.20. The van der Waals surface area contributed by atoms with Crippen LogP contribution in [0.5, 0.6) is 5.75 Å². The summed E-state index contributed by atoms with van der Waals surface area (Å²) in [5.74, 6) is 0.0267. The van der Waals surface area contributed by atoms with Crippen molar-refractivity contribution in [2.75, 3.05) is 7.11 Å². The van der Waals surface area contributed by atoms with Gasteiger partial charge < -0.3 is 4.74 Å². The lowest BCUT2D eigenvalue weighted by atomic mass is 10.1. The first-order chi connectivity index (χ1) is 8.61. The fraction of sp³-hybridized carbons (Fsp3) is 0.154. The van der Waals surface area contributed by atoms with Crippen LogP contribution < -0.4 is 4.74 Å². The van der Waals surface area contributed by atoms with E-state index in [-0.39, 0.29) is 18.0 Å². The fourth-order valence-corrected chi connectivity index (χ4v) is 2.71. The predicted octanol–water partition coefficient (Wildman–Crippen LogP) is 4.08. The van der Waals surface area contributed by atoms with Gasteiger partial charge in [-0.2, -0.15) is 0 Å². The van der Waals surface area contributed by atoms with E-state index in [1.807, 2.05) is 0 Å². The van der Waals surface area contributed by atoms with Crippen LogP contribution in [0.3, 0.4) is 0 Å². The second-order valence-corrected chi connectivity index (χ2v) is 5.49. The molecule has 0 atom stereocenters. The van der Waals surface area contributed by atoms with Crippen LogP contribution in [0.1, 0.15) is 15.2 Å². The standard InChI is InChI=1S/C13H10BrFO2S/c1-17-12-4-5-18-13(12)11(16)6-8-2-3-9(14)7-10(8)15/h2-5,7H,6H2,1H3. The number of methoxy groups -OCH3 is 1. The molecular weight excluding hydrogens is 319 g/mol. The number of hydrogen-bond donors (Lipinski definition) is 0. The average Bonchev–Trinajstić information content (AvgIpc) is 2.81. The fourth-order valence-electron chi connectivity index (χ4n) is 1.58. The minimum absolute atomic E-state index is 0.0377. The topological polar surface area (TPSA) is 26.3 Å². The minimum atomic E-state index is -0.381. The van der Waals surface area contributed by atoms with Crippen molar-refractivity contribution in [3.05, 3.63) is 50.4 Å². The molecule has 0 amide bonds. The number of ether oxygens (including phenoxy) is 1. The van der Waals surface area contributed by atoms with Crippen LogP contribution in [-0.4, -0.2) is 12.9 Å². The molecule has 0 unspecified atom stereocenters. The highest BCUT2D eigenvalue weighted by Crippen LogP contribution is 2.26. The van der Waals surface area contributed by atoms with Gasteiger partial charge in [0, 0.05) is 10.9 Å². The molecule has 0 saturated carbocycles. The van der Waals surface area contributed by atoms with Gasteiger partial charge in [0.15, 0.2) is 5.78 Å². The van der Waals surface area contributed by atoms with Gasteiger partial charge in [-0.1, -0.05) is 22.0 Å². The Morgan fingerprint density at radius 1 is 1.44 bits per heavy atom. The summed E-state index contributed by atoms with van der Waals surface area (Å²) in [6.07, 6.45) is 0.0377. The molecule has 2 nitrogen and oxygen atoms in total. The van der Waals surface area contributed by atoms with E-state index in [1.54, 1.807) is 23.6 Å². The van der Waals surface area contributed by atoms with Crippen LogP contribution >= 0.6 is 27.3 Å². The second-order valence-electron chi connectivity index (χ2n) is 3.65. The molecule has 1 heterocycles. The van der Waals surface area contributed by atoms with Gasteiger partial charge in [0.25, 0.3) is 0 Å². The molecule has 0 saturated heterocycles. The molecule has 0 aliphatic rings. The monoisotopic (exact) mass is 328 g/mol. The highest BCUT2D eigenvalue weighted by atomic mass is 79.9. The number of Topliss-reactive ketones (excluding diaryl/α,β-unsaturated/α-hetero) is 1. The summed E-state index contributed by atoms with van der Waals surface area (Å²) in [5, 5.41) is 1.78. The Morgan fingerprint density at radius 2 is 2.22 bits per heavy atom. The van der Waals surface area contributed by atoms with Crippen molar-refractivity contribution >= 4 is 33.0 Å². The minimum Gasteiger partial charge on any atom is -0.495 e. The smallest absolute Gasteiger partial charge is 0.181 e. The molecule has 94 valence electrons. The molecule has 1 aromatic heterocycles. The zero-order chi connectivity index (χ0) is 13.1. The summed E-state index contributed by atoms with van der Waals surface area (Å²) >= 11 is 4.49. The van der Waals surface area contributed by atoms with Crippen LogP contribution in [-0.2, 0) is 6.42 Å². The number of benzene rings is 1. The molecule has 0 aliphatic heterocycles. The van der Waals surface area contributed by atoms with Crippen molar-refractivity contribution in [2.45, 2.75) is 6.42 Å². The van der Waals surface area contributed by atoms with Gasteiger partial charge in [-0.05, 0) is 29.1 Å². The molecule has 1 aromatic carbocycles. The van der Waals surface area contributed by atoms with Crippen LogP contribution in [0.2, 0.25) is 0 Å². The predicted molar refractivity (Wildman–Crippen MR) is 73.0 cm³/mol. The quantitative estimate of drug-likeness (QED) is 0.790. The summed E-state index contributed by atoms with van der Waals surface area (Å²) in [4.78, 5) is 12.6. The summed E-state index contributed by atoms with van der Waals surface area (Å²) in [6.45, 7) is 0. The second kappa shape index (κ2) is 5.63. The zero-order valence-electron chi connectivity index (χ0n) is 9.57. The summed E-state index contributed by atoms with van der Waals surface area (Å²) < 4.78 is 19.4. The third kappa shape index (κ3) is 2.79. The number of halogens is 2. The molecule has 0 radical (unpaired) electrons. The molecule has 2 rings (SSSR count). The molecule has 18 heavy (non-hydrogen) atoms. The Balaban J connectivity index is 2.21. The summed E-state index contributed by atoms with van der Waals surface area (Å²) in [7, 11) is 1.51. The van der Waals surface area contributed by atoms with Gasteiger partial charge >= 0.3 is 0 Å². The molecule has 0 fully saturated rings. The molecule has 0 spiro atoms. The van der Waals surface area contributed by atoms with E-state index in [0.29, 0.717) is 20.7 Å². The van der Waals surface area contributed by atoms with Gasteiger partial charge in [-0.3, -0.25) is 4.79 Å². The molecule has 5 heteroatoms. The van der Waals surface area contributed by atoms with Gasteiger partial charge in [-0.25, -0.2) is 4.39 Å². The first kappa shape index (κ1) is 13.2. The number of thiophene rings is 1. The van der Waals surface area contributed by atoms with Crippen molar-refractivity contribution in [3.8, 4) is 5.75 Å². The molecule has 0 bridgehead atoms. The highest BCUT2D eigenvalue weighted by Gasteiger charge is 2.16. The van der Waals surface area contributed by atoms with E-state index < -0.39 is 0 Å². The summed E-state index contributed by atoms with van der Waals surface area (Å²) in [6, 6.07) is 6.42. The number of hydrogen-bond acceptors (Lipinski definition) is 3. The van der Waals surface area contributed by atoms with Crippen LogP contribution in [0.4, 0.5) is 4.39 Å². The third-order valence-corrected chi connectivity index (χ3v) is 3.90. The highest BCUT2D eigenvalue weighted by molar-refractivity contribution is 9.10. The zero-order valence-corrected chi connectivity index (χ0v) is 12.0. The lowest BCUT2D eigenvalue weighted by Crippen LogP contribution is -2.04. The van der Waals surface area contributed by atoms with E-state index >= 15 is 0 Å². The Labute approximate surface area is 117 Å². The number of carbonyl (C=O) groups is 1. The molecule has 2 aromatic rings. The lowest BCUT2D eigenvalue weighted by molar-refractivity contribution is 0.0993. The Kier molecular flexibility index (Phi) is 4.14. The number of ketones is 1. The SMILES string of the molecule is COc1ccsc1C(=O)Cc1ccc(Br)cc1F. The Bertz CT molecular complexity index is 580. The van der Waals surface area contributed by atoms with Crippen molar-refractivity contribution in [3.63, 3.8) is 0 Å². The molecule has 0 N–H and O–H groups in total. The maximum Gasteiger partial charge on any atom is 0.181 e. The van der Waals surface area contributed by atoms with Crippen molar-refractivity contribution < 1.29 is 13.9 Å². The number of carbonyl (C=O) groups excluding carboxylic acids is 1. The van der Waals surface area contributed by atoms with Gasteiger partial charge in [0.05, 0.1) is 7.11 Å². The van der Waals surface area contributed by atoms with Crippen LogP contribution in [0.15, 0.2) is 34.1 Å². The maximum absolute atomic E-state index is 13.6. The average molecular weight is 329 g/mol. The van der Waals surface area contributed by atoms with Crippen LogP contribution in [0.25, 0.3) is 0 Å². The van der Waals surface area contributed by atoms with Gasteiger partial charge in [-0.15, -0.1) is 11.3 Å². The van der Waals surface area contributed by atoms with Crippen molar-refractivity contribution in [1.29, 1.82) is 0 Å².